The number of thioether (sulfide) groups is 1. The summed E-state index contributed by atoms with van der Waals surface area (Å²) in [6.07, 6.45) is 2.99. The van der Waals surface area contributed by atoms with Crippen molar-refractivity contribution < 1.29 is 9.84 Å². The first kappa shape index (κ1) is 15.3. The molecule has 2 unspecified atom stereocenters. The van der Waals surface area contributed by atoms with Gasteiger partial charge in [-0.1, -0.05) is 18.2 Å². The minimum Gasteiger partial charge on any atom is -0.494 e. The van der Waals surface area contributed by atoms with Crippen molar-refractivity contribution >= 4 is 11.8 Å². The van der Waals surface area contributed by atoms with Gasteiger partial charge in [0, 0.05) is 11.3 Å². The molecule has 1 rings (SSSR count). The first-order valence-corrected chi connectivity index (χ1v) is 7.61. The predicted octanol–water partition coefficient (Wildman–Crippen LogP) is 2.16. The third kappa shape index (κ3) is 5.76. The highest BCUT2D eigenvalue weighted by Crippen LogP contribution is 2.10. The number of rotatable bonds is 9. The minimum absolute atomic E-state index is 0.218. The summed E-state index contributed by atoms with van der Waals surface area (Å²) in [7, 11) is 0. The number of aliphatic hydroxyl groups is 1. The van der Waals surface area contributed by atoms with Crippen LogP contribution in [0.25, 0.3) is 0 Å². The maximum absolute atomic E-state index is 9.16. The fourth-order valence-electron chi connectivity index (χ4n) is 1.68. The van der Waals surface area contributed by atoms with E-state index >= 15 is 0 Å². The van der Waals surface area contributed by atoms with E-state index in [9.17, 15) is 0 Å². The molecule has 0 radical (unpaired) electrons. The summed E-state index contributed by atoms with van der Waals surface area (Å²) < 4.78 is 5.61. The number of nitrogens with one attached hydrogen (secondary N) is 1. The van der Waals surface area contributed by atoms with Crippen LogP contribution in [-0.4, -0.2) is 42.4 Å². The fourth-order valence-corrected chi connectivity index (χ4v) is 2.33. The molecule has 2 N–H and O–H groups in total. The number of para-hydroxylation sites is 1. The Morgan fingerprint density at radius 1 is 1.33 bits per heavy atom. The molecule has 0 aliphatic rings. The van der Waals surface area contributed by atoms with Crippen LogP contribution in [0.3, 0.4) is 0 Å². The molecule has 3 nitrogen and oxygen atoms in total. The molecule has 4 heteroatoms. The quantitative estimate of drug-likeness (QED) is 0.674. The van der Waals surface area contributed by atoms with Crippen LogP contribution in [0.5, 0.6) is 5.75 Å². The summed E-state index contributed by atoms with van der Waals surface area (Å²) in [6, 6.07) is 10.2. The van der Waals surface area contributed by atoms with Crippen LogP contribution in [0.2, 0.25) is 0 Å². The van der Waals surface area contributed by atoms with Crippen molar-refractivity contribution in [3.8, 4) is 5.75 Å². The summed E-state index contributed by atoms with van der Waals surface area (Å²) in [6.45, 7) is 3.95. The molecule has 0 aromatic heterocycles. The molecule has 0 aliphatic heterocycles. The lowest BCUT2D eigenvalue weighted by Crippen LogP contribution is -2.38. The van der Waals surface area contributed by atoms with E-state index in [2.05, 4.69) is 12.2 Å². The number of ether oxygens (including phenoxy) is 1. The summed E-state index contributed by atoms with van der Waals surface area (Å²) in [5, 5.41) is 12.8. The van der Waals surface area contributed by atoms with E-state index < -0.39 is 0 Å². The molecule has 0 bridgehead atoms. The van der Waals surface area contributed by atoms with E-state index in [1.807, 2.05) is 36.6 Å². The third-order valence-electron chi connectivity index (χ3n) is 2.84. The molecule has 0 fully saturated rings. The standard InChI is InChI=1S/C14H23NO2S/c1-12(14(11-16)18-2)15-9-6-10-17-13-7-4-3-5-8-13/h3-5,7-8,12,14-16H,6,9-11H2,1-2H3. The van der Waals surface area contributed by atoms with Crippen molar-refractivity contribution in [2.75, 3.05) is 26.0 Å². The topological polar surface area (TPSA) is 41.5 Å². The van der Waals surface area contributed by atoms with Crippen molar-refractivity contribution in [3.63, 3.8) is 0 Å². The molecule has 0 aliphatic carbocycles. The van der Waals surface area contributed by atoms with Gasteiger partial charge in [0.1, 0.15) is 5.75 Å². The second kappa shape index (κ2) is 9.25. The average molecular weight is 269 g/mol. The smallest absolute Gasteiger partial charge is 0.119 e. The Labute approximate surface area is 114 Å². The summed E-state index contributed by atoms with van der Waals surface area (Å²) in [5.74, 6) is 0.919. The Kier molecular flexibility index (Phi) is 7.89. The highest BCUT2D eigenvalue weighted by Gasteiger charge is 2.13. The average Bonchev–Trinajstić information content (AvgIpc) is 2.41. The molecular weight excluding hydrogens is 246 g/mol. The molecule has 0 amide bonds. The van der Waals surface area contributed by atoms with E-state index in [4.69, 9.17) is 9.84 Å². The monoisotopic (exact) mass is 269 g/mol. The number of benzene rings is 1. The molecule has 0 heterocycles. The summed E-state index contributed by atoms with van der Waals surface area (Å²) in [5.41, 5.74) is 0. The van der Waals surface area contributed by atoms with Gasteiger partial charge in [-0.05, 0) is 38.3 Å². The second-order valence-corrected chi connectivity index (χ2v) is 5.29. The van der Waals surface area contributed by atoms with Crippen LogP contribution in [0.15, 0.2) is 30.3 Å². The van der Waals surface area contributed by atoms with Gasteiger partial charge in [0.05, 0.1) is 13.2 Å². The Bertz CT molecular complexity index is 304. The highest BCUT2D eigenvalue weighted by atomic mass is 32.2. The van der Waals surface area contributed by atoms with E-state index in [1.54, 1.807) is 11.8 Å². The van der Waals surface area contributed by atoms with Crippen molar-refractivity contribution in [3.05, 3.63) is 30.3 Å². The highest BCUT2D eigenvalue weighted by molar-refractivity contribution is 7.99. The van der Waals surface area contributed by atoms with Gasteiger partial charge in [0.2, 0.25) is 0 Å². The van der Waals surface area contributed by atoms with Gasteiger partial charge < -0.3 is 15.2 Å². The summed E-state index contributed by atoms with van der Waals surface area (Å²) >= 11 is 1.69. The first-order valence-electron chi connectivity index (χ1n) is 6.32. The van der Waals surface area contributed by atoms with E-state index in [-0.39, 0.29) is 11.9 Å². The number of hydrogen-bond acceptors (Lipinski definition) is 4. The lowest BCUT2D eigenvalue weighted by molar-refractivity contribution is 0.271. The van der Waals surface area contributed by atoms with Crippen molar-refractivity contribution in [1.29, 1.82) is 0 Å². The molecule has 0 spiro atoms. The van der Waals surface area contributed by atoms with Gasteiger partial charge >= 0.3 is 0 Å². The van der Waals surface area contributed by atoms with Gasteiger partial charge in [-0.2, -0.15) is 11.8 Å². The second-order valence-electron chi connectivity index (χ2n) is 4.21. The van der Waals surface area contributed by atoms with Crippen molar-refractivity contribution in [2.45, 2.75) is 24.6 Å². The van der Waals surface area contributed by atoms with Crippen LogP contribution in [0, 0.1) is 0 Å². The zero-order valence-corrected chi connectivity index (χ0v) is 12.0. The summed E-state index contributed by atoms with van der Waals surface area (Å²) in [4.78, 5) is 0. The first-order chi connectivity index (χ1) is 8.77. The molecule has 1 aromatic rings. The van der Waals surface area contributed by atoms with E-state index in [1.165, 1.54) is 0 Å². The molecule has 2 atom stereocenters. The Balaban J connectivity index is 2.08. The maximum Gasteiger partial charge on any atom is 0.119 e. The van der Waals surface area contributed by atoms with Gasteiger partial charge in [-0.15, -0.1) is 0 Å². The normalized spacial score (nSPS) is 14.2. The lowest BCUT2D eigenvalue weighted by Gasteiger charge is -2.21. The SMILES string of the molecule is CSC(CO)C(C)NCCCOc1ccccc1. The number of hydrogen-bond donors (Lipinski definition) is 2. The van der Waals surface area contributed by atoms with Crippen LogP contribution in [0.4, 0.5) is 0 Å². The predicted molar refractivity (Wildman–Crippen MR) is 78.4 cm³/mol. The van der Waals surface area contributed by atoms with Gasteiger partial charge in [-0.3, -0.25) is 0 Å². The Morgan fingerprint density at radius 3 is 2.67 bits per heavy atom. The fraction of sp³-hybridized carbons (Fsp3) is 0.571. The molecule has 18 heavy (non-hydrogen) atoms. The van der Waals surface area contributed by atoms with Crippen molar-refractivity contribution in [2.24, 2.45) is 0 Å². The Hall–Kier alpha value is -0.710. The molecule has 0 saturated carbocycles. The molecule has 1 aromatic carbocycles. The molecular formula is C14H23NO2S. The van der Waals surface area contributed by atoms with Gasteiger partial charge in [0.25, 0.3) is 0 Å². The van der Waals surface area contributed by atoms with E-state index in [0.717, 1.165) is 18.7 Å². The third-order valence-corrected chi connectivity index (χ3v) is 4.00. The van der Waals surface area contributed by atoms with Crippen LogP contribution in [-0.2, 0) is 0 Å². The van der Waals surface area contributed by atoms with E-state index in [0.29, 0.717) is 12.6 Å². The minimum atomic E-state index is 0.218. The molecule has 0 saturated heterocycles. The zero-order valence-electron chi connectivity index (χ0n) is 11.1. The van der Waals surface area contributed by atoms with Crippen LogP contribution < -0.4 is 10.1 Å². The van der Waals surface area contributed by atoms with Crippen LogP contribution >= 0.6 is 11.8 Å². The van der Waals surface area contributed by atoms with Crippen molar-refractivity contribution in [1.82, 2.24) is 5.32 Å². The van der Waals surface area contributed by atoms with Crippen LogP contribution in [0.1, 0.15) is 13.3 Å². The molecule has 102 valence electrons. The van der Waals surface area contributed by atoms with Gasteiger partial charge in [0.15, 0.2) is 0 Å². The van der Waals surface area contributed by atoms with Gasteiger partial charge in [-0.25, -0.2) is 0 Å². The lowest BCUT2D eigenvalue weighted by atomic mass is 10.2. The maximum atomic E-state index is 9.16. The Morgan fingerprint density at radius 2 is 2.06 bits per heavy atom. The largest absolute Gasteiger partial charge is 0.494 e. The number of aliphatic hydroxyl groups excluding tert-OH is 1. The zero-order chi connectivity index (χ0) is 13.2.